The topological polar surface area (TPSA) is 93.5 Å². The van der Waals surface area contributed by atoms with Gasteiger partial charge in [0.25, 0.3) is 0 Å². The van der Waals surface area contributed by atoms with Gasteiger partial charge in [-0.05, 0) is 38.8 Å². The number of hydrogen-bond donors (Lipinski definition) is 2. The van der Waals surface area contributed by atoms with Crippen molar-refractivity contribution in [1.82, 2.24) is 15.1 Å². The van der Waals surface area contributed by atoms with Crippen LogP contribution in [0.15, 0.2) is 30.3 Å². The minimum absolute atomic E-state index is 0.120. The number of nitrogens with one attached hydrogen (secondary N) is 1. The SMILES string of the molecule is Cc1nn(-c2ccccc2)c(C)c1CC(=O)NCC1(C(=O)O)CCOCC1. The zero-order valence-electron chi connectivity index (χ0n) is 15.7. The molecule has 2 aromatic rings. The number of hydrogen-bond acceptors (Lipinski definition) is 4. The first kappa shape index (κ1) is 19.1. The number of rotatable bonds is 6. The Labute approximate surface area is 158 Å². The quantitative estimate of drug-likeness (QED) is 0.810. The second-order valence-corrected chi connectivity index (χ2v) is 7.05. The Morgan fingerprint density at radius 3 is 2.52 bits per heavy atom. The van der Waals surface area contributed by atoms with Crippen molar-refractivity contribution in [2.45, 2.75) is 33.1 Å². The van der Waals surface area contributed by atoms with Gasteiger partial charge in [0.1, 0.15) is 0 Å². The van der Waals surface area contributed by atoms with Crippen molar-refractivity contribution >= 4 is 11.9 Å². The lowest BCUT2D eigenvalue weighted by molar-refractivity contribution is -0.154. The molecule has 1 aromatic carbocycles. The molecule has 1 saturated heterocycles. The van der Waals surface area contributed by atoms with Crippen LogP contribution in [0.4, 0.5) is 0 Å². The smallest absolute Gasteiger partial charge is 0.311 e. The van der Waals surface area contributed by atoms with Gasteiger partial charge in [-0.25, -0.2) is 4.68 Å². The molecule has 2 heterocycles. The summed E-state index contributed by atoms with van der Waals surface area (Å²) in [5, 5.41) is 17.0. The van der Waals surface area contributed by atoms with Crippen LogP contribution in [0.2, 0.25) is 0 Å². The molecule has 2 N–H and O–H groups in total. The standard InChI is InChI=1S/C20H25N3O4/c1-14-17(15(2)23(22-14)16-6-4-3-5-7-16)12-18(24)21-13-20(19(25)26)8-10-27-11-9-20/h3-7H,8-13H2,1-2H3,(H,21,24)(H,25,26). The molecule has 27 heavy (non-hydrogen) atoms. The maximum atomic E-state index is 12.5. The molecule has 144 valence electrons. The molecule has 1 fully saturated rings. The van der Waals surface area contributed by atoms with Crippen LogP contribution in [0.5, 0.6) is 0 Å². The molecule has 0 unspecified atom stereocenters. The van der Waals surface area contributed by atoms with Gasteiger partial charge in [0.05, 0.1) is 23.2 Å². The molecular weight excluding hydrogens is 346 g/mol. The summed E-state index contributed by atoms with van der Waals surface area (Å²) < 4.78 is 7.10. The third-order valence-electron chi connectivity index (χ3n) is 5.31. The van der Waals surface area contributed by atoms with Crippen molar-refractivity contribution in [1.29, 1.82) is 0 Å². The van der Waals surface area contributed by atoms with E-state index in [-0.39, 0.29) is 18.9 Å². The van der Waals surface area contributed by atoms with E-state index in [4.69, 9.17) is 4.74 Å². The number of aryl methyl sites for hydroxylation is 1. The number of nitrogens with zero attached hydrogens (tertiary/aromatic N) is 2. The predicted octanol–water partition coefficient (Wildman–Crippen LogP) is 2.03. The molecule has 0 radical (unpaired) electrons. The zero-order chi connectivity index (χ0) is 19.4. The highest BCUT2D eigenvalue weighted by molar-refractivity contribution is 5.81. The fraction of sp³-hybridized carbons (Fsp3) is 0.450. The van der Waals surface area contributed by atoms with Gasteiger partial charge in [-0.3, -0.25) is 9.59 Å². The van der Waals surface area contributed by atoms with E-state index < -0.39 is 11.4 Å². The molecule has 1 aliphatic heterocycles. The fourth-order valence-electron chi connectivity index (χ4n) is 3.47. The van der Waals surface area contributed by atoms with Crippen LogP contribution >= 0.6 is 0 Å². The van der Waals surface area contributed by atoms with E-state index in [1.165, 1.54) is 0 Å². The first-order valence-electron chi connectivity index (χ1n) is 9.11. The summed E-state index contributed by atoms with van der Waals surface area (Å²) in [6.45, 7) is 4.75. The second-order valence-electron chi connectivity index (χ2n) is 7.05. The number of carboxylic acid groups (broad SMARTS) is 1. The van der Waals surface area contributed by atoms with Crippen LogP contribution in [0, 0.1) is 19.3 Å². The lowest BCUT2D eigenvalue weighted by Crippen LogP contribution is -2.46. The number of benzene rings is 1. The van der Waals surface area contributed by atoms with E-state index in [0.717, 1.165) is 22.6 Å². The normalized spacial score (nSPS) is 16.1. The van der Waals surface area contributed by atoms with Gasteiger partial charge in [0.2, 0.25) is 5.91 Å². The maximum Gasteiger partial charge on any atom is 0.311 e. The number of ether oxygens (including phenoxy) is 1. The van der Waals surface area contributed by atoms with E-state index in [1.807, 2.05) is 48.9 Å². The predicted molar refractivity (Wildman–Crippen MR) is 99.9 cm³/mol. The Hall–Kier alpha value is -2.67. The highest BCUT2D eigenvalue weighted by atomic mass is 16.5. The molecule has 1 aromatic heterocycles. The Bertz CT molecular complexity index is 823. The number of carbonyl (C=O) groups is 2. The summed E-state index contributed by atoms with van der Waals surface area (Å²) in [6, 6.07) is 9.75. The number of aromatic nitrogens is 2. The first-order chi connectivity index (χ1) is 12.9. The Morgan fingerprint density at radius 1 is 1.22 bits per heavy atom. The Morgan fingerprint density at radius 2 is 1.89 bits per heavy atom. The van der Waals surface area contributed by atoms with Crippen LogP contribution in [0.1, 0.15) is 29.8 Å². The van der Waals surface area contributed by atoms with Crippen molar-refractivity contribution in [2.24, 2.45) is 5.41 Å². The minimum atomic E-state index is -0.938. The average molecular weight is 371 g/mol. The zero-order valence-corrected chi connectivity index (χ0v) is 15.7. The minimum Gasteiger partial charge on any atom is -0.481 e. The summed E-state index contributed by atoms with van der Waals surface area (Å²) in [5.74, 6) is -1.07. The first-order valence-corrected chi connectivity index (χ1v) is 9.11. The number of para-hydroxylation sites is 1. The Kier molecular flexibility index (Phi) is 5.60. The van der Waals surface area contributed by atoms with Gasteiger partial charge >= 0.3 is 5.97 Å². The lowest BCUT2D eigenvalue weighted by atomic mass is 9.80. The summed E-state index contributed by atoms with van der Waals surface area (Å²) in [6.07, 6.45) is 0.996. The van der Waals surface area contributed by atoms with E-state index >= 15 is 0 Å². The number of carboxylic acids is 1. The molecule has 7 heteroatoms. The van der Waals surface area contributed by atoms with E-state index in [0.29, 0.717) is 26.1 Å². The molecular formula is C20H25N3O4. The van der Waals surface area contributed by atoms with Gasteiger partial charge in [-0.1, -0.05) is 18.2 Å². The summed E-state index contributed by atoms with van der Waals surface area (Å²) in [5.41, 5.74) is 2.58. The molecule has 0 bridgehead atoms. The van der Waals surface area contributed by atoms with Crippen LogP contribution in [-0.2, 0) is 20.7 Å². The van der Waals surface area contributed by atoms with Crippen LogP contribution < -0.4 is 5.32 Å². The lowest BCUT2D eigenvalue weighted by Gasteiger charge is -2.33. The maximum absolute atomic E-state index is 12.5. The van der Waals surface area contributed by atoms with Crippen molar-refractivity contribution in [3.63, 3.8) is 0 Å². The summed E-state index contributed by atoms with van der Waals surface area (Å²) in [7, 11) is 0. The van der Waals surface area contributed by atoms with E-state index in [9.17, 15) is 14.7 Å². The molecule has 0 spiro atoms. The molecule has 3 rings (SSSR count). The molecule has 1 amide bonds. The van der Waals surface area contributed by atoms with E-state index in [2.05, 4.69) is 10.4 Å². The molecule has 0 atom stereocenters. The largest absolute Gasteiger partial charge is 0.481 e. The molecule has 0 saturated carbocycles. The van der Waals surface area contributed by atoms with Gasteiger partial charge in [0, 0.05) is 31.0 Å². The van der Waals surface area contributed by atoms with Crippen molar-refractivity contribution in [3.8, 4) is 5.69 Å². The monoisotopic (exact) mass is 371 g/mol. The van der Waals surface area contributed by atoms with Gasteiger partial charge in [-0.15, -0.1) is 0 Å². The van der Waals surface area contributed by atoms with Gasteiger partial charge < -0.3 is 15.2 Å². The molecule has 7 nitrogen and oxygen atoms in total. The number of amides is 1. The number of carbonyl (C=O) groups excluding carboxylic acids is 1. The third kappa shape index (κ3) is 4.03. The van der Waals surface area contributed by atoms with E-state index in [1.54, 1.807) is 0 Å². The van der Waals surface area contributed by atoms with Crippen LogP contribution in [-0.4, -0.2) is 46.5 Å². The summed E-state index contributed by atoms with van der Waals surface area (Å²) >= 11 is 0. The Balaban J connectivity index is 1.69. The molecule has 1 aliphatic rings. The van der Waals surface area contributed by atoms with Gasteiger partial charge in [0.15, 0.2) is 0 Å². The van der Waals surface area contributed by atoms with Gasteiger partial charge in [-0.2, -0.15) is 5.10 Å². The highest BCUT2D eigenvalue weighted by Gasteiger charge is 2.40. The number of aliphatic carboxylic acids is 1. The fourth-order valence-corrected chi connectivity index (χ4v) is 3.47. The second kappa shape index (κ2) is 7.92. The average Bonchev–Trinajstić information content (AvgIpc) is 2.96. The van der Waals surface area contributed by atoms with Crippen molar-refractivity contribution in [2.75, 3.05) is 19.8 Å². The summed E-state index contributed by atoms with van der Waals surface area (Å²) in [4.78, 5) is 24.2. The highest BCUT2D eigenvalue weighted by Crippen LogP contribution is 2.30. The third-order valence-corrected chi connectivity index (χ3v) is 5.31. The van der Waals surface area contributed by atoms with Crippen molar-refractivity contribution in [3.05, 3.63) is 47.3 Å². The molecule has 0 aliphatic carbocycles. The van der Waals surface area contributed by atoms with Crippen LogP contribution in [0.3, 0.4) is 0 Å². The van der Waals surface area contributed by atoms with Crippen molar-refractivity contribution < 1.29 is 19.4 Å². The van der Waals surface area contributed by atoms with Crippen LogP contribution in [0.25, 0.3) is 5.69 Å².